The predicted molar refractivity (Wildman–Crippen MR) is 59.0 cm³/mol. The van der Waals surface area contributed by atoms with Gasteiger partial charge in [-0.25, -0.2) is 0 Å². The molecule has 0 unspecified atom stereocenters. The molecule has 1 heterocycles. The first-order chi connectivity index (χ1) is 8.13. The van der Waals surface area contributed by atoms with Gasteiger partial charge in [0.1, 0.15) is 12.4 Å². The summed E-state index contributed by atoms with van der Waals surface area (Å²) in [5.74, 6) is 0.114. The van der Waals surface area contributed by atoms with Crippen LogP contribution in [0.5, 0.6) is 0 Å². The highest BCUT2D eigenvalue weighted by Crippen LogP contribution is 2.07. The van der Waals surface area contributed by atoms with Crippen LogP contribution in [0, 0.1) is 21.6 Å². The van der Waals surface area contributed by atoms with Crippen LogP contribution in [0.25, 0.3) is 0 Å². The van der Waals surface area contributed by atoms with E-state index in [0.717, 1.165) is 0 Å². The monoisotopic (exact) mass is 237 g/mol. The standard InChI is InChI=1S/C9H11N5O3/c10-7-12-9(11)8-2-1-3-13(6-8)4-5-17-14(15)16/h1-2,6H,3-5H2,(H2,11,12). The number of nitrogens with zero attached hydrogens (tertiary/aromatic N) is 4. The van der Waals surface area contributed by atoms with E-state index in [9.17, 15) is 10.1 Å². The van der Waals surface area contributed by atoms with Crippen LogP contribution in [0.1, 0.15) is 0 Å². The van der Waals surface area contributed by atoms with E-state index < -0.39 is 5.09 Å². The molecule has 17 heavy (non-hydrogen) atoms. The van der Waals surface area contributed by atoms with Crippen LogP contribution in [0.3, 0.4) is 0 Å². The van der Waals surface area contributed by atoms with E-state index in [1.165, 1.54) is 0 Å². The minimum atomic E-state index is -0.837. The fourth-order valence-electron chi connectivity index (χ4n) is 1.27. The van der Waals surface area contributed by atoms with Crippen molar-refractivity contribution < 1.29 is 9.92 Å². The highest BCUT2D eigenvalue weighted by Gasteiger charge is 2.08. The Balaban J connectivity index is 2.55. The Morgan fingerprint density at radius 2 is 2.59 bits per heavy atom. The summed E-state index contributed by atoms with van der Waals surface area (Å²) in [5, 5.41) is 17.5. The fourth-order valence-corrected chi connectivity index (χ4v) is 1.27. The van der Waals surface area contributed by atoms with E-state index in [1.54, 1.807) is 23.4 Å². The molecule has 0 radical (unpaired) electrons. The molecule has 0 saturated heterocycles. The SMILES string of the molecule is N#CN=C(N)C1=CN(CCO[N+](=O)[O-])CC=C1. The molecular formula is C9H11N5O3. The number of rotatable bonds is 5. The molecule has 1 aliphatic heterocycles. The molecule has 0 bridgehead atoms. The maximum Gasteiger partial charge on any atom is 0.294 e. The van der Waals surface area contributed by atoms with Crippen molar-refractivity contribution in [1.29, 1.82) is 5.26 Å². The van der Waals surface area contributed by atoms with Gasteiger partial charge in [0, 0.05) is 24.9 Å². The van der Waals surface area contributed by atoms with Crippen molar-refractivity contribution in [1.82, 2.24) is 4.90 Å². The van der Waals surface area contributed by atoms with Crippen molar-refractivity contribution in [3.63, 3.8) is 0 Å². The lowest BCUT2D eigenvalue weighted by Crippen LogP contribution is -2.28. The van der Waals surface area contributed by atoms with Crippen molar-refractivity contribution in [3.05, 3.63) is 34.0 Å². The van der Waals surface area contributed by atoms with Crippen molar-refractivity contribution in [2.75, 3.05) is 19.7 Å². The average Bonchev–Trinajstić information content (AvgIpc) is 2.29. The summed E-state index contributed by atoms with van der Waals surface area (Å²) in [4.78, 5) is 19.3. The largest absolute Gasteiger partial charge is 0.382 e. The highest BCUT2D eigenvalue weighted by molar-refractivity contribution is 6.00. The number of amidine groups is 1. The van der Waals surface area contributed by atoms with E-state index in [-0.39, 0.29) is 12.4 Å². The Labute approximate surface area is 97.4 Å². The minimum Gasteiger partial charge on any atom is -0.382 e. The number of hydrogen-bond donors (Lipinski definition) is 1. The molecule has 90 valence electrons. The van der Waals surface area contributed by atoms with E-state index >= 15 is 0 Å². The number of nitriles is 1. The van der Waals surface area contributed by atoms with Gasteiger partial charge in [-0.05, 0) is 0 Å². The van der Waals surface area contributed by atoms with Crippen molar-refractivity contribution >= 4 is 5.84 Å². The smallest absolute Gasteiger partial charge is 0.294 e. The maximum absolute atomic E-state index is 9.96. The molecule has 0 atom stereocenters. The lowest BCUT2D eigenvalue weighted by Gasteiger charge is -2.22. The second-order valence-corrected chi connectivity index (χ2v) is 3.14. The molecule has 0 aromatic heterocycles. The van der Waals surface area contributed by atoms with Crippen LogP contribution in [-0.2, 0) is 4.84 Å². The van der Waals surface area contributed by atoms with Gasteiger partial charge in [-0.3, -0.25) is 0 Å². The summed E-state index contributed by atoms with van der Waals surface area (Å²) in [6.07, 6.45) is 6.83. The molecular weight excluding hydrogens is 226 g/mol. The number of aliphatic imine (C=N–C) groups is 1. The lowest BCUT2D eigenvalue weighted by atomic mass is 10.2. The van der Waals surface area contributed by atoms with Crippen molar-refractivity contribution in [2.24, 2.45) is 10.7 Å². The molecule has 1 rings (SSSR count). The molecule has 8 heteroatoms. The Morgan fingerprint density at radius 3 is 3.24 bits per heavy atom. The second-order valence-electron chi connectivity index (χ2n) is 3.14. The molecule has 1 aliphatic rings. The molecule has 0 saturated carbocycles. The van der Waals surface area contributed by atoms with E-state index in [2.05, 4.69) is 9.83 Å². The first kappa shape index (κ1) is 12.5. The first-order valence-corrected chi connectivity index (χ1v) is 4.76. The van der Waals surface area contributed by atoms with Gasteiger partial charge >= 0.3 is 0 Å². The van der Waals surface area contributed by atoms with E-state index in [1.807, 2.05) is 6.08 Å². The summed E-state index contributed by atoms with van der Waals surface area (Å²) in [5.41, 5.74) is 6.14. The van der Waals surface area contributed by atoms with Crippen LogP contribution in [0.2, 0.25) is 0 Å². The molecule has 0 amide bonds. The van der Waals surface area contributed by atoms with Gasteiger partial charge in [0.25, 0.3) is 5.09 Å². The van der Waals surface area contributed by atoms with Crippen molar-refractivity contribution in [3.8, 4) is 6.19 Å². The Kier molecular flexibility index (Phi) is 4.50. The van der Waals surface area contributed by atoms with Gasteiger partial charge in [0.2, 0.25) is 6.19 Å². The third kappa shape index (κ3) is 4.21. The zero-order chi connectivity index (χ0) is 12.7. The fraction of sp³-hybridized carbons (Fsp3) is 0.333. The predicted octanol–water partition coefficient (Wildman–Crippen LogP) is -0.211. The molecule has 0 spiro atoms. The van der Waals surface area contributed by atoms with Crippen LogP contribution < -0.4 is 5.73 Å². The molecule has 0 aromatic rings. The zero-order valence-electron chi connectivity index (χ0n) is 8.94. The number of nitrogens with two attached hydrogens (primary N) is 1. The molecule has 2 N–H and O–H groups in total. The Bertz CT molecular complexity index is 421. The Hall–Kier alpha value is -2.56. The lowest BCUT2D eigenvalue weighted by molar-refractivity contribution is -0.757. The molecule has 8 nitrogen and oxygen atoms in total. The van der Waals surface area contributed by atoms with Gasteiger partial charge in [-0.1, -0.05) is 12.2 Å². The maximum atomic E-state index is 9.96. The third-order valence-electron chi connectivity index (χ3n) is 2.00. The highest BCUT2D eigenvalue weighted by atomic mass is 16.9. The summed E-state index contributed by atoms with van der Waals surface area (Å²) in [6.45, 7) is 0.930. The summed E-state index contributed by atoms with van der Waals surface area (Å²) in [7, 11) is 0. The van der Waals surface area contributed by atoms with Crippen LogP contribution in [0.4, 0.5) is 0 Å². The van der Waals surface area contributed by atoms with Gasteiger partial charge < -0.3 is 15.5 Å². The van der Waals surface area contributed by atoms with Gasteiger partial charge in [-0.2, -0.15) is 10.3 Å². The minimum absolute atomic E-state index is 0.0279. The second kappa shape index (κ2) is 6.12. The van der Waals surface area contributed by atoms with Crippen LogP contribution in [-0.4, -0.2) is 35.5 Å². The van der Waals surface area contributed by atoms with E-state index in [4.69, 9.17) is 11.0 Å². The first-order valence-electron chi connectivity index (χ1n) is 4.76. The van der Waals surface area contributed by atoms with Crippen LogP contribution in [0.15, 0.2) is 28.9 Å². The normalized spacial score (nSPS) is 15.1. The summed E-state index contributed by atoms with van der Waals surface area (Å²) < 4.78 is 0. The van der Waals surface area contributed by atoms with Crippen LogP contribution >= 0.6 is 0 Å². The number of hydrogen-bond acceptors (Lipinski definition) is 6. The zero-order valence-corrected chi connectivity index (χ0v) is 8.94. The third-order valence-corrected chi connectivity index (χ3v) is 2.00. The van der Waals surface area contributed by atoms with Crippen molar-refractivity contribution in [2.45, 2.75) is 0 Å². The topological polar surface area (TPSA) is 118 Å². The quantitative estimate of drug-likeness (QED) is 0.232. The molecule has 0 aromatic carbocycles. The summed E-state index contributed by atoms with van der Waals surface area (Å²) >= 11 is 0. The van der Waals surface area contributed by atoms with E-state index in [0.29, 0.717) is 18.7 Å². The van der Waals surface area contributed by atoms with Gasteiger partial charge in [0.05, 0.1) is 0 Å². The summed E-state index contributed by atoms with van der Waals surface area (Å²) in [6, 6.07) is 0. The molecule has 0 fully saturated rings. The average molecular weight is 237 g/mol. The van der Waals surface area contributed by atoms with Gasteiger partial charge in [-0.15, -0.1) is 10.1 Å². The van der Waals surface area contributed by atoms with Gasteiger partial charge in [0.15, 0.2) is 0 Å². The Morgan fingerprint density at radius 1 is 1.82 bits per heavy atom. The molecule has 0 aliphatic carbocycles.